The van der Waals surface area contributed by atoms with E-state index in [0.717, 1.165) is 33.6 Å². The van der Waals surface area contributed by atoms with Gasteiger partial charge in [0.1, 0.15) is 12.1 Å². The summed E-state index contributed by atoms with van der Waals surface area (Å²) < 4.78 is 0. The average molecular weight is 806 g/mol. The molecule has 3 heterocycles. The summed E-state index contributed by atoms with van der Waals surface area (Å²) in [6.45, 7) is 12.4. The van der Waals surface area contributed by atoms with Crippen molar-refractivity contribution in [3.8, 4) is 11.3 Å². The van der Waals surface area contributed by atoms with Crippen molar-refractivity contribution >= 4 is 23.9 Å². The first-order valence-electron chi connectivity index (χ1n) is 20.4. The van der Waals surface area contributed by atoms with E-state index in [2.05, 4.69) is 25.9 Å². The van der Waals surface area contributed by atoms with Gasteiger partial charge in [-0.15, -0.1) is 0 Å². The molecule has 0 aliphatic carbocycles. The maximum Gasteiger partial charge on any atom is 0.405 e. The number of aliphatic hydroxyl groups excluding tert-OH is 1. The van der Waals surface area contributed by atoms with E-state index in [-0.39, 0.29) is 30.7 Å². The average Bonchev–Trinajstić information content (AvgIpc) is 3.56. The maximum atomic E-state index is 14.5. The molecule has 1 aliphatic heterocycles. The molecule has 4 aromatic rings. The number of benzene rings is 2. The molecule has 5 N–H and O–H groups in total. The molecule has 2 aromatic carbocycles. The van der Waals surface area contributed by atoms with Gasteiger partial charge in [-0.2, -0.15) is 0 Å². The number of rotatable bonds is 18. The van der Waals surface area contributed by atoms with E-state index in [1.807, 2.05) is 106 Å². The number of hydrogen-bond acceptors (Lipinski definition) is 7. The van der Waals surface area contributed by atoms with Crippen molar-refractivity contribution in [1.82, 2.24) is 35.7 Å². The number of carboxylic acid groups (broad SMARTS) is 1. The summed E-state index contributed by atoms with van der Waals surface area (Å²) >= 11 is 0. The van der Waals surface area contributed by atoms with Crippen molar-refractivity contribution in [2.24, 2.45) is 11.3 Å². The molecule has 1 saturated heterocycles. The molecule has 5 amide bonds. The van der Waals surface area contributed by atoms with Crippen molar-refractivity contribution in [3.63, 3.8) is 0 Å². The number of urea groups is 1. The van der Waals surface area contributed by atoms with Crippen LogP contribution < -0.4 is 16.0 Å². The molecule has 314 valence electrons. The number of aliphatic hydroxyl groups is 1. The van der Waals surface area contributed by atoms with Crippen LogP contribution in [0.2, 0.25) is 0 Å². The van der Waals surface area contributed by atoms with Crippen molar-refractivity contribution in [3.05, 3.63) is 120 Å². The minimum Gasteiger partial charge on any atom is -0.465 e. The van der Waals surface area contributed by atoms with Crippen LogP contribution in [0.4, 0.5) is 9.59 Å². The second kappa shape index (κ2) is 20.2. The maximum absolute atomic E-state index is 14.5. The molecule has 0 radical (unpaired) electrons. The Hall–Kier alpha value is -5.82. The zero-order chi connectivity index (χ0) is 42.7. The fourth-order valence-corrected chi connectivity index (χ4v) is 7.61. The fourth-order valence-electron chi connectivity index (χ4n) is 7.61. The third-order valence-electron chi connectivity index (χ3n) is 11.1. The van der Waals surface area contributed by atoms with Crippen LogP contribution in [0.3, 0.4) is 0 Å². The first-order chi connectivity index (χ1) is 28.1. The van der Waals surface area contributed by atoms with Gasteiger partial charge in [-0.1, -0.05) is 108 Å². The summed E-state index contributed by atoms with van der Waals surface area (Å²) in [5.41, 5.74) is 4.52. The van der Waals surface area contributed by atoms with Crippen LogP contribution in [-0.2, 0) is 29.0 Å². The molecule has 13 nitrogen and oxygen atoms in total. The van der Waals surface area contributed by atoms with Crippen molar-refractivity contribution in [2.45, 2.75) is 104 Å². The van der Waals surface area contributed by atoms with Gasteiger partial charge in [-0.25, -0.2) is 9.59 Å². The number of pyridine rings is 2. The van der Waals surface area contributed by atoms with Gasteiger partial charge in [0.2, 0.25) is 11.8 Å². The summed E-state index contributed by atoms with van der Waals surface area (Å²) in [5, 5.41) is 30.3. The number of carbonyl (C=O) groups excluding carboxylic acids is 3. The number of aryl methyl sites for hydroxylation is 1. The summed E-state index contributed by atoms with van der Waals surface area (Å²) in [6.07, 6.45) is 2.23. The van der Waals surface area contributed by atoms with E-state index in [0.29, 0.717) is 32.5 Å². The summed E-state index contributed by atoms with van der Waals surface area (Å²) in [4.78, 5) is 66.3. The molecular formula is C46H59N7O6. The van der Waals surface area contributed by atoms with E-state index in [9.17, 15) is 29.4 Å². The van der Waals surface area contributed by atoms with Crippen LogP contribution in [0.1, 0.15) is 69.8 Å². The van der Waals surface area contributed by atoms with Crippen LogP contribution >= 0.6 is 0 Å². The van der Waals surface area contributed by atoms with E-state index in [1.54, 1.807) is 43.0 Å². The molecule has 1 fully saturated rings. The van der Waals surface area contributed by atoms with Crippen LogP contribution in [0.25, 0.3) is 11.3 Å². The van der Waals surface area contributed by atoms with Gasteiger partial charge in [0.15, 0.2) is 0 Å². The molecule has 5 rings (SSSR count). The lowest BCUT2D eigenvalue weighted by molar-refractivity contribution is -0.129. The Labute approximate surface area is 347 Å². The Kier molecular flexibility index (Phi) is 15.2. The number of nitrogens with zero attached hydrogens (tertiary/aromatic N) is 4. The number of aromatic nitrogens is 2. The van der Waals surface area contributed by atoms with Gasteiger partial charge in [0.05, 0.1) is 17.8 Å². The predicted octanol–water partition coefficient (Wildman–Crippen LogP) is 5.99. The van der Waals surface area contributed by atoms with E-state index < -0.39 is 47.7 Å². The number of hydrogen-bond donors (Lipinski definition) is 5. The van der Waals surface area contributed by atoms with Crippen LogP contribution in [0.15, 0.2) is 97.3 Å². The highest BCUT2D eigenvalue weighted by Crippen LogP contribution is 2.25. The van der Waals surface area contributed by atoms with Crippen molar-refractivity contribution < 1.29 is 29.4 Å². The molecule has 0 spiro atoms. The molecule has 0 saturated carbocycles. The second-order valence-electron chi connectivity index (χ2n) is 16.7. The Morgan fingerprint density at radius 1 is 0.814 bits per heavy atom. The van der Waals surface area contributed by atoms with Crippen LogP contribution in [0, 0.1) is 18.3 Å². The number of carbonyl (C=O) groups is 4. The van der Waals surface area contributed by atoms with Gasteiger partial charge in [0, 0.05) is 49.3 Å². The summed E-state index contributed by atoms with van der Waals surface area (Å²) in [5.74, 6) is -1.08. The minimum atomic E-state index is -1.32. The van der Waals surface area contributed by atoms with Gasteiger partial charge in [-0.05, 0) is 72.4 Å². The second-order valence-corrected chi connectivity index (χ2v) is 16.7. The Morgan fingerprint density at radius 3 is 2.12 bits per heavy atom. The van der Waals surface area contributed by atoms with Crippen LogP contribution in [-0.4, -0.2) is 97.3 Å². The van der Waals surface area contributed by atoms with Gasteiger partial charge in [0.25, 0.3) is 0 Å². The van der Waals surface area contributed by atoms with Crippen molar-refractivity contribution in [1.29, 1.82) is 0 Å². The highest BCUT2D eigenvalue weighted by atomic mass is 16.4. The smallest absolute Gasteiger partial charge is 0.405 e. The largest absolute Gasteiger partial charge is 0.465 e. The highest BCUT2D eigenvalue weighted by molar-refractivity contribution is 5.89. The predicted molar refractivity (Wildman–Crippen MR) is 227 cm³/mol. The quantitative estimate of drug-likeness (QED) is 0.0815. The third kappa shape index (κ3) is 12.1. The van der Waals surface area contributed by atoms with E-state index in [1.165, 1.54) is 0 Å². The third-order valence-corrected chi connectivity index (χ3v) is 11.1. The zero-order valence-corrected chi connectivity index (χ0v) is 35.0. The molecule has 59 heavy (non-hydrogen) atoms. The van der Waals surface area contributed by atoms with Crippen LogP contribution in [0.5, 0.6) is 0 Å². The molecule has 1 unspecified atom stereocenters. The summed E-state index contributed by atoms with van der Waals surface area (Å²) in [6, 6.07) is 23.2. The fraction of sp³-hybridized carbons (Fsp3) is 0.435. The molecule has 2 aromatic heterocycles. The lowest BCUT2D eigenvalue weighted by Crippen LogP contribution is -2.58. The van der Waals surface area contributed by atoms with E-state index >= 15 is 0 Å². The molecule has 0 bridgehead atoms. The molecule has 6 atom stereocenters. The number of nitrogens with one attached hydrogen (secondary N) is 3. The van der Waals surface area contributed by atoms with E-state index in [4.69, 9.17) is 0 Å². The lowest BCUT2D eigenvalue weighted by Gasteiger charge is -2.35. The SMILES string of the molecule is CCC(C)[C@@H](C(=O)N[C@@H](Cc1ccccc1)[C@@H](O)C[C@H](Cc1ccc(-c2ccccn2)cc1)NC(=O)[C@@H](NC(=O)O)C(C)(C)C)N1CCN(Cc2cccnc2C)C1=O. The molecule has 13 heteroatoms. The topological polar surface area (TPSA) is 177 Å². The van der Waals surface area contributed by atoms with Gasteiger partial charge >= 0.3 is 12.1 Å². The molecular weight excluding hydrogens is 747 g/mol. The summed E-state index contributed by atoms with van der Waals surface area (Å²) in [7, 11) is 0. The lowest BCUT2D eigenvalue weighted by atomic mass is 9.85. The zero-order valence-electron chi connectivity index (χ0n) is 35.0. The normalized spacial score (nSPS) is 16.1. The monoisotopic (exact) mass is 805 g/mol. The standard InChI is InChI=1S/C46H59N7O6/c1-7-30(2)40(53-25-24-52(45(53)59)29-35-16-13-23-47-31(35)3)42(55)50-38(27-32-14-9-8-10-15-32)39(54)28-36(49-43(56)41(46(4,5)6)51-44(57)58)26-33-18-20-34(21-19-33)37-17-11-12-22-48-37/h8-23,30,36,38-41,51,54H,7,24-29H2,1-6H3,(H,49,56)(H,50,55)(H,57,58)/t30?,36-,38-,39-,40-,41+/m0/s1. The first-order valence-corrected chi connectivity index (χ1v) is 20.4. The number of amides is 5. The Morgan fingerprint density at radius 2 is 1.49 bits per heavy atom. The molecule has 1 aliphatic rings. The first kappa shape index (κ1) is 44.3. The van der Waals surface area contributed by atoms with Gasteiger partial charge in [-0.3, -0.25) is 19.6 Å². The Bertz CT molecular complexity index is 2010. The van der Waals surface area contributed by atoms with Crippen molar-refractivity contribution in [2.75, 3.05) is 13.1 Å². The van der Waals surface area contributed by atoms with Gasteiger partial charge < -0.3 is 36.0 Å². The Balaban J connectivity index is 1.41. The minimum absolute atomic E-state index is 0.0321. The highest BCUT2D eigenvalue weighted by Gasteiger charge is 2.41.